The molecule has 0 aliphatic carbocycles. The van der Waals surface area contributed by atoms with Crippen LogP contribution in [0.5, 0.6) is 0 Å². The molecule has 5 nitrogen and oxygen atoms in total. The summed E-state index contributed by atoms with van der Waals surface area (Å²) < 4.78 is 0. The Morgan fingerprint density at radius 3 is 2.53 bits per heavy atom. The number of nitrogens with one attached hydrogen (secondary N) is 1. The van der Waals surface area contributed by atoms with Crippen molar-refractivity contribution in [1.82, 2.24) is 9.97 Å². The Balaban J connectivity index is 2.02. The van der Waals surface area contributed by atoms with Gasteiger partial charge in [-0.3, -0.25) is 10.1 Å². The lowest BCUT2D eigenvalue weighted by Gasteiger charge is -2.08. The van der Waals surface area contributed by atoms with Crippen LogP contribution in [0.4, 0.5) is 5.95 Å². The van der Waals surface area contributed by atoms with Crippen molar-refractivity contribution in [2.24, 2.45) is 5.92 Å². The summed E-state index contributed by atoms with van der Waals surface area (Å²) in [6.45, 7) is 0. The zero-order valence-electron chi connectivity index (χ0n) is 10.2. The van der Waals surface area contributed by atoms with E-state index in [1.165, 1.54) is 12.4 Å². The number of rotatable bonds is 4. The Bertz CT molecular complexity index is 577. The number of carbonyl (C=O) groups is 1. The molecule has 1 aromatic heterocycles. The lowest BCUT2D eigenvalue weighted by Crippen LogP contribution is -2.24. The first-order chi connectivity index (χ1) is 9.29. The Morgan fingerprint density at radius 1 is 1.21 bits per heavy atom. The summed E-state index contributed by atoms with van der Waals surface area (Å²) in [6, 6.07) is 13.1. The van der Waals surface area contributed by atoms with Crippen LogP contribution in [-0.4, -0.2) is 15.9 Å². The van der Waals surface area contributed by atoms with Gasteiger partial charge < -0.3 is 0 Å². The van der Waals surface area contributed by atoms with Crippen molar-refractivity contribution >= 4 is 11.9 Å². The van der Waals surface area contributed by atoms with Gasteiger partial charge in [0.1, 0.15) is 5.92 Å². The van der Waals surface area contributed by atoms with Gasteiger partial charge in [0.15, 0.2) is 0 Å². The smallest absolute Gasteiger partial charge is 0.244 e. The number of benzene rings is 1. The molecule has 1 aromatic carbocycles. The van der Waals surface area contributed by atoms with E-state index >= 15 is 0 Å². The predicted molar refractivity (Wildman–Crippen MR) is 69.9 cm³/mol. The SMILES string of the molecule is N#CC(Cc1ccccc1)C(=O)Nc1ncccn1. The molecule has 0 saturated heterocycles. The fraction of sp³-hybridized carbons (Fsp3) is 0.143. The summed E-state index contributed by atoms with van der Waals surface area (Å²) in [5, 5.41) is 11.6. The number of nitriles is 1. The molecule has 0 bridgehead atoms. The summed E-state index contributed by atoms with van der Waals surface area (Å²) in [7, 11) is 0. The highest BCUT2D eigenvalue weighted by Gasteiger charge is 2.19. The lowest BCUT2D eigenvalue weighted by molar-refractivity contribution is -0.118. The molecule has 1 amide bonds. The van der Waals surface area contributed by atoms with Crippen LogP contribution in [0.15, 0.2) is 48.8 Å². The number of hydrogen-bond donors (Lipinski definition) is 1. The van der Waals surface area contributed by atoms with Crippen molar-refractivity contribution in [1.29, 1.82) is 5.26 Å². The van der Waals surface area contributed by atoms with Crippen LogP contribution in [0.1, 0.15) is 5.56 Å². The molecule has 0 spiro atoms. The predicted octanol–water partition coefficient (Wildman–Crippen LogP) is 1.80. The Kier molecular flexibility index (Phi) is 4.19. The van der Waals surface area contributed by atoms with Gasteiger partial charge in [0.2, 0.25) is 11.9 Å². The summed E-state index contributed by atoms with van der Waals surface area (Å²) in [6.07, 6.45) is 3.43. The van der Waals surface area contributed by atoms with Crippen molar-refractivity contribution in [3.8, 4) is 6.07 Å². The molecule has 0 aliphatic rings. The molecule has 2 rings (SSSR count). The zero-order valence-corrected chi connectivity index (χ0v) is 10.2. The van der Waals surface area contributed by atoms with E-state index in [0.717, 1.165) is 5.56 Å². The minimum Gasteiger partial charge on any atom is -0.293 e. The maximum Gasteiger partial charge on any atom is 0.244 e. The second-order valence-corrected chi connectivity index (χ2v) is 3.93. The van der Waals surface area contributed by atoms with E-state index < -0.39 is 11.8 Å². The molecule has 1 unspecified atom stereocenters. The second-order valence-electron chi connectivity index (χ2n) is 3.93. The Labute approximate surface area is 110 Å². The third-order valence-corrected chi connectivity index (χ3v) is 2.56. The van der Waals surface area contributed by atoms with Crippen LogP contribution in [0.3, 0.4) is 0 Å². The normalized spacial score (nSPS) is 11.3. The molecule has 1 N–H and O–H groups in total. The van der Waals surface area contributed by atoms with Gasteiger partial charge in [0.05, 0.1) is 6.07 Å². The summed E-state index contributed by atoms with van der Waals surface area (Å²) in [5.74, 6) is -0.940. The van der Waals surface area contributed by atoms with E-state index in [1.807, 2.05) is 36.4 Å². The van der Waals surface area contributed by atoms with Crippen molar-refractivity contribution < 1.29 is 4.79 Å². The van der Waals surface area contributed by atoms with Gasteiger partial charge in [-0.25, -0.2) is 9.97 Å². The molecule has 0 radical (unpaired) electrons. The summed E-state index contributed by atoms with van der Waals surface area (Å²) >= 11 is 0. The van der Waals surface area contributed by atoms with Gasteiger partial charge in [-0.15, -0.1) is 0 Å². The van der Waals surface area contributed by atoms with Gasteiger partial charge in [0, 0.05) is 12.4 Å². The fourth-order valence-electron chi connectivity index (χ4n) is 1.61. The molecule has 0 fully saturated rings. The quantitative estimate of drug-likeness (QED) is 0.899. The van der Waals surface area contributed by atoms with E-state index in [9.17, 15) is 4.79 Å². The molecule has 0 saturated carbocycles. The Hall–Kier alpha value is -2.74. The van der Waals surface area contributed by atoms with E-state index in [2.05, 4.69) is 15.3 Å². The number of nitrogens with zero attached hydrogens (tertiary/aromatic N) is 3. The van der Waals surface area contributed by atoms with Gasteiger partial charge >= 0.3 is 0 Å². The molecule has 2 aromatic rings. The first-order valence-electron chi connectivity index (χ1n) is 5.81. The maximum absolute atomic E-state index is 11.9. The average Bonchev–Trinajstić information content (AvgIpc) is 2.47. The van der Waals surface area contributed by atoms with Crippen molar-refractivity contribution in [2.75, 3.05) is 5.32 Å². The van der Waals surface area contributed by atoms with E-state index in [0.29, 0.717) is 6.42 Å². The topological polar surface area (TPSA) is 78.7 Å². The highest BCUT2D eigenvalue weighted by atomic mass is 16.2. The average molecular weight is 252 g/mol. The van der Waals surface area contributed by atoms with Crippen LogP contribution < -0.4 is 5.32 Å². The highest BCUT2D eigenvalue weighted by Crippen LogP contribution is 2.10. The van der Waals surface area contributed by atoms with Crippen LogP contribution in [0.2, 0.25) is 0 Å². The van der Waals surface area contributed by atoms with Crippen LogP contribution >= 0.6 is 0 Å². The fourth-order valence-corrected chi connectivity index (χ4v) is 1.61. The molecular weight excluding hydrogens is 240 g/mol. The van der Waals surface area contributed by atoms with E-state index in [4.69, 9.17) is 5.26 Å². The van der Waals surface area contributed by atoms with Crippen molar-refractivity contribution in [2.45, 2.75) is 6.42 Å². The summed E-state index contributed by atoms with van der Waals surface area (Å²) in [4.78, 5) is 19.7. The van der Waals surface area contributed by atoms with Gasteiger partial charge in [-0.2, -0.15) is 5.26 Å². The van der Waals surface area contributed by atoms with Crippen LogP contribution in [0, 0.1) is 17.2 Å². The minimum atomic E-state index is -0.758. The van der Waals surface area contributed by atoms with Gasteiger partial charge in [-0.05, 0) is 18.1 Å². The number of carbonyl (C=O) groups excluding carboxylic acids is 1. The van der Waals surface area contributed by atoms with E-state index in [1.54, 1.807) is 6.07 Å². The first kappa shape index (κ1) is 12.7. The Morgan fingerprint density at radius 2 is 1.89 bits per heavy atom. The van der Waals surface area contributed by atoms with Gasteiger partial charge in [-0.1, -0.05) is 30.3 Å². The largest absolute Gasteiger partial charge is 0.293 e. The monoisotopic (exact) mass is 252 g/mol. The summed E-state index contributed by atoms with van der Waals surface area (Å²) in [5.41, 5.74) is 0.943. The molecule has 19 heavy (non-hydrogen) atoms. The molecule has 1 atom stereocenters. The number of aromatic nitrogens is 2. The maximum atomic E-state index is 11.9. The third-order valence-electron chi connectivity index (χ3n) is 2.56. The van der Waals surface area contributed by atoms with Crippen LogP contribution in [-0.2, 0) is 11.2 Å². The molecular formula is C14H12N4O. The van der Waals surface area contributed by atoms with Crippen molar-refractivity contribution in [3.05, 3.63) is 54.4 Å². The number of amides is 1. The second kappa shape index (κ2) is 6.26. The minimum absolute atomic E-state index is 0.209. The molecule has 94 valence electrons. The third kappa shape index (κ3) is 3.61. The molecule has 0 aliphatic heterocycles. The van der Waals surface area contributed by atoms with Gasteiger partial charge in [0.25, 0.3) is 0 Å². The first-order valence-corrected chi connectivity index (χ1v) is 5.81. The highest BCUT2D eigenvalue weighted by molar-refractivity contribution is 5.92. The number of anilines is 1. The lowest BCUT2D eigenvalue weighted by atomic mass is 10.00. The molecule has 1 heterocycles. The standard InChI is InChI=1S/C14H12N4O/c15-10-12(9-11-5-2-1-3-6-11)13(19)18-14-16-7-4-8-17-14/h1-8,12H,9H2,(H,16,17,18,19). The molecule has 5 heteroatoms. The zero-order chi connectivity index (χ0) is 13.5. The van der Waals surface area contributed by atoms with E-state index in [-0.39, 0.29) is 5.95 Å². The van der Waals surface area contributed by atoms with Crippen molar-refractivity contribution in [3.63, 3.8) is 0 Å². The number of hydrogen-bond acceptors (Lipinski definition) is 4. The van der Waals surface area contributed by atoms with Crippen LogP contribution in [0.25, 0.3) is 0 Å².